The number of rotatable bonds is 4. The Bertz CT molecular complexity index is 591. The van der Waals surface area contributed by atoms with Gasteiger partial charge in [0.15, 0.2) is 0 Å². The average molecular weight is 329 g/mol. The van der Waals surface area contributed by atoms with Gasteiger partial charge in [-0.05, 0) is 42.4 Å². The van der Waals surface area contributed by atoms with E-state index in [2.05, 4.69) is 16.3 Å². The number of benzene rings is 1. The molecule has 0 radical (unpaired) electrons. The number of aromatic nitrogens is 2. The minimum Gasteiger partial charge on any atom is -0.326 e. The van der Waals surface area contributed by atoms with Crippen LogP contribution >= 0.6 is 35.0 Å². The van der Waals surface area contributed by atoms with Gasteiger partial charge in [0.2, 0.25) is 0 Å². The molecule has 5 heteroatoms. The number of alkyl halides is 1. The maximum absolute atomic E-state index is 6.40. The van der Waals surface area contributed by atoms with Gasteiger partial charge >= 0.3 is 0 Å². The van der Waals surface area contributed by atoms with Gasteiger partial charge in [0.25, 0.3) is 0 Å². The van der Waals surface area contributed by atoms with E-state index in [0.29, 0.717) is 5.88 Å². The predicted octanol–water partition coefficient (Wildman–Crippen LogP) is 4.61. The number of aryl methyl sites for hydroxylation is 1. The van der Waals surface area contributed by atoms with Gasteiger partial charge in [0.05, 0.1) is 16.1 Å². The predicted molar refractivity (Wildman–Crippen MR) is 89.2 cm³/mol. The van der Waals surface area contributed by atoms with Crippen LogP contribution in [0.1, 0.15) is 18.7 Å². The van der Waals surface area contributed by atoms with Crippen molar-refractivity contribution in [3.8, 4) is 0 Å². The molecule has 0 amide bonds. The van der Waals surface area contributed by atoms with Crippen LogP contribution in [0.15, 0.2) is 18.2 Å². The third kappa shape index (κ3) is 2.95. The second-order valence-electron chi connectivity index (χ2n) is 5.24. The molecule has 108 valence electrons. The summed E-state index contributed by atoms with van der Waals surface area (Å²) in [6, 6.07) is 5.94. The quantitative estimate of drug-likeness (QED) is 0.762. The molecule has 0 aliphatic carbocycles. The summed E-state index contributed by atoms with van der Waals surface area (Å²) in [6.07, 6.45) is 3.37. The molecule has 0 bridgehead atoms. The summed E-state index contributed by atoms with van der Waals surface area (Å²) >= 11 is 14.4. The van der Waals surface area contributed by atoms with Crippen molar-refractivity contribution in [1.29, 1.82) is 0 Å². The SMILES string of the molecule is ClCCc1nc2cccc(Cl)c2n1CC1CCSCC1. The number of nitrogens with zero attached hydrogens (tertiary/aromatic N) is 2. The largest absolute Gasteiger partial charge is 0.326 e. The summed E-state index contributed by atoms with van der Waals surface area (Å²) in [4.78, 5) is 4.72. The van der Waals surface area contributed by atoms with Crippen molar-refractivity contribution in [3.63, 3.8) is 0 Å². The number of halogens is 2. The van der Waals surface area contributed by atoms with Crippen LogP contribution in [-0.4, -0.2) is 26.9 Å². The smallest absolute Gasteiger partial charge is 0.111 e. The highest BCUT2D eigenvalue weighted by atomic mass is 35.5. The van der Waals surface area contributed by atoms with Crippen LogP contribution in [0.25, 0.3) is 11.0 Å². The maximum Gasteiger partial charge on any atom is 0.111 e. The second kappa shape index (κ2) is 6.59. The van der Waals surface area contributed by atoms with Crippen LogP contribution in [-0.2, 0) is 13.0 Å². The van der Waals surface area contributed by atoms with Crippen LogP contribution in [0.2, 0.25) is 5.02 Å². The van der Waals surface area contributed by atoms with Gasteiger partial charge in [-0.25, -0.2) is 4.98 Å². The van der Waals surface area contributed by atoms with Gasteiger partial charge in [0.1, 0.15) is 5.82 Å². The Labute approximate surface area is 133 Å². The van der Waals surface area contributed by atoms with E-state index >= 15 is 0 Å². The summed E-state index contributed by atoms with van der Waals surface area (Å²) < 4.78 is 2.31. The fourth-order valence-electron chi connectivity index (χ4n) is 2.85. The van der Waals surface area contributed by atoms with Gasteiger partial charge in [0, 0.05) is 18.8 Å². The molecule has 2 nitrogen and oxygen atoms in total. The minimum absolute atomic E-state index is 0.599. The summed E-state index contributed by atoms with van der Waals surface area (Å²) in [7, 11) is 0. The van der Waals surface area contributed by atoms with Crippen molar-refractivity contribution >= 4 is 46.0 Å². The van der Waals surface area contributed by atoms with E-state index in [0.717, 1.165) is 40.8 Å². The van der Waals surface area contributed by atoms with Crippen LogP contribution in [0.5, 0.6) is 0 Å². The molecule has 0 saturated carbocycles. The highest BCUT2D eigenvalue weighted by Crippen LogP contribution is 2.29. The molecule has 0 unspecified atom stereocenters. The average Bonchev–Trinajstić information content (AvgIpc) is 2.80. The van der Waals surface area contributed by atoms with Crippen molar-refractivity contribution in [2.45, 2.75) is 25.8 Å². The van der Waals surface area contributed by atoms with Gasteiger partial charge in [-0.1, -0.05) is 17.7 Å². The topological polar surface area (TPSA) is 17.8 Å². The van der Waals surface area contributed by atoms with E-state index < -0.39 is 0 Å². The second-order valence-corrected chi connectivity index (χ2v) is 7.25. The van der Waals surface area contributed by atoms with Crippen molar-refractivity contribution in [2.75, 3.05) is 17.4 Å². The molecule has 1 aromatic heterocycles. The molecule has 1 fully saturated rings. The molecule has 2 heterocycles. The minimum atomic E-state index is 0.599. The first kappa shape index (κ1) is 14.6. The fraction of sp³-hybridized carbons (Fsp3) is 0.533. The zero-order valence-corrected chi connectivity index (χ0v) is 13.6. The highest BCUT2D eigenvalue weighted by molar-refractivity contribution is 7.99. The molecular formula is C15H18Cl2N2S. The molecule has 2 aromatic rings. The number of imidazole rings is 1. The summed E-state index contributed by atoms with van der Waals surface area (Å²) in [6.45, 7) is 1.02. The molecule has 0 atom stereocenters. The lowest BCUT2D eigenvalue weighted by atomic mass is 10.0. The maximum atomic E-state index is 6.40. The zero-order chi connectivity index (χ0) is 13.9. The first-order valence-corrected chi connectivity index (χ1v) is 9.13. The Kier molecular flexibility index (Phi) is 4.79. The van der Waals surface area contributed by atoms with E-state index in [1.807, 2.05) is 18.2 Å². The normalized spacial score (nSPS) is 16.9. The number of para-hydroxylation sites is 1. The molecule has 1 saturated heterocycles. The van der Waals surface area contributed by atoms with E-state index in [4.69, 9.17) is 28.2 Å². The molecular weight excluding hydrogens is 311 g/mol. The Morgan fingerprint density at radius 2 is 2.10 bits per heavy atom. The van der Waals surface area contributed by atoms with Crippen molar-refractivity contribution in [1.82, 2.24) is 9.55 Å². The van der Waals surface area contributed by atoms with Gasteiger partial charge < -0.3 is 4.57 Å². The molecule has 1 aromatic carbocycles. The standard InChI is InChI=1S/C15H18Cl2N2S/c16-7-4-14-18-13-3-1-2-12(17)15(13)19(14)10-11-5-8-20-9-6-11/h1-3,11H,4-10H2. The monoisotopic (exact) mass is 328 g/mol. The van der Waals surface area contributed by atoms with E-state index in [9.17, 15) is 0 Å². The van der Waals surface area contributed by atoms with Crippen molar-refractivity contribution in [2.24, 2.45) is 5.92 Å². The van der Waals surface area contributed by atoms with Crippen LogP contribution in [0, 0.1) is 5.92 Å². The Balaban J connectivity index is 1.98. The van der Waals surface area contributed by atoms with Crippen LogP contribution in [0.3, 0.4) is 0 Å². The number of fused-ring (bicyclic) bond motifs is 1. The number of thioether (sulfide) groups is 1. The van der Waals surface area contributed by atoms with E-state index in [-0.39, 0.29) is 0 Å². The molecule has 1 aliphatic heterocycles. The van der Waals surface area contributed by atoms with Crippen LogP contribution in [0.4, 0.5) is 0 Å². The third-order valence-electron chi connectivity index (χ3n) is 3.90. The number of hydrogen-bond donors (Lipinski definition) is 0. The Morgan fingerprint density at radius 3 is 2.85 bits per heavy atom. The van der Waals surface area contributed by atoms with Gasteiger partial charge in [-0.2, -0.15) is 11.8 Å². The Hall–Kier alpha value is -0.380. The van der Waals surface area contributed by atoms with Gasteiger partial charge in [-0.3, -0.25) is 0 Å². The first-order valence-electron chi connectivity index (χ1n) is 7.07. The highest BCUT2D eigenvalue weighted by Gasteiger charge is 2.19. The lowest BCUT2D eigenvalue weighted by molar-refractivity contribution is 0.416. The molecule has 20 heavy (non-hydrogen) atoms. The first-order chi connectivity index (χ1) is 9.79. The van der Waals surface area contributed by atoms with E-state index in [1.165, 1.54) is 24.3 Å². The lowest BCUT2D eigenvalue weighted by Gasteiger charge is -2.23. The van der Waals surface area contributed by atoms with Crippen molar-refractivity contribution < 1.29 is 0 Å². The third-order valence-corrected chi connectivity index (χ3v) is 5.44. The molecule has 3 rings (SSSR count). The molecule has 0 spiro atoms. The van der Waals surface area contributed by atoms with Gasteiger partial charge in [-0.15, -0.1) is 11.6 Å². The fourth-order valence-corrected chi connectivity index (χ4v) is 4.49. The van der Waals surface area contributed by atoms with Crippen LogP contribution < -0.4 is 0 Å². The summed E-state index contributed by atoms with van der Waals surface area (Å²) in [5, 5.41) is 0.793. The lowest BCUT2D eigenvalue weighted by Crippen LogP contribution is -2.18. The summed E-state index contributed by atoms with van der Waals surface area (Å²) in [5.41, 5.74) is 2.07. The molecule has 0 N–H and O–H groups in total. The molecule has 1 aliphatic rings. The number of hydrogen-bond acceptors (Lipinski definition) is 2. The summed E-state index contributed by atoms with van der Waals surface area (Å²) in [5.74, 6) is 4.95. The Morgan fingerprint density at radius 1 is 1.30 bits per heavy atom. The van der Waals surface area contributed by atoms with E-state index in [1.54, 1.807) is 0 Å². The zero-order valence-electron chi connectivity index (χ0n) is 11.3. The van der Waals surface area contributed by atoms with Crippen molar-refractivity contribution in [3.05, 3.63) is 29.0 Å².